The van der Waals surface area contributed by atoms with Crippen LogP contribution in [0.1, 0.15) is 22.6 Å². The molecular weight excluding hydrogens is 246 g/mol. The molecule has 1 unspecified atom stereocenters. The van der Waals surface area contributed by atoms with Crippen LogP contribution in [-0.2, 0) is 13.0 Å². The Hall–Kier alpha value is -2.13. The quantitative estimate of drug-likeness (QED) is 0.759. The van der Waals surface area contributed by atoms with Crippen molar-refractivity contribution in [1.29, 1.82) is 0 Å². The molecule has 0 bridgehead atoms. The van der Waals surface area contributed by atoms with Crippen LogP contribution >= 0.6 is 0 Å². The van der Waals surface area contributed by atoms with Gasteiger partial charge in [0.05, 0.1) is 0 Å². The van der Waals surface area contributed by atoms with Gasteiger partial charge in [-0.3, -0.25) is 0 Å². The van der Waals surface area contributed by atoms with Crippen LogP contribution in [-0.4, -0.2) is 16.5 Å². The monoisotopic (exact) mass is 263 g/mol. The fraction of sp³-hybridized carbons (Fsp3) is 0.235. The third-order valence-electron chi connectivity index (χ3n) is 4.20. The molecule has 0 amide bonds. The highest BCUT2D eigenvalue weighted by atomic mass is 14.9. The number of hydrogen-bond donors (Lipinski definition) is 2. The normalized spacial score (nSPS) is 16.9. The van der Waals surface area contributed by atoms with Crippen LogP contribution in [0.5, 0.6) is 0 Å². The highest BCUT2D eigenvalue weighted by molar-refractivity contribution is 5.79. The lowest BCUT2D eigenvalue weighted by atomic mass is 9.77. The minimum absolute atomic E-state index is 0.675. The molecule has 0 aliphatic heterocycles. The molecule has 2 aromatic heterocycles. The number of H-pyrrole nitrogens is 1. The summed E-state index contributed by atoms with van der Waals surface area (Å²) in [4.78, 5) is 7.54. The molecule has 3 heteroatoms. The summed E-state index contributed by atoms with van der Waals surface area (Å²) in [7, 11) is 0. The molecule has 0 saturated heterocycles. The standard InChI is InChI=1S/C17H17N3/c1-2-5-15-12(4-1)8-13(15)9-18-10-14-11-20-17-16(14)6-3-7-19-17/h1-7,11,13,18H,8-10H2,(H,19,20). The molecule has 1 aromatic carbocycles. The van der Waals surface area contributed by atoms with Crippen molar-refractivity contribution in [2.24, 2.45) is 0 Å². The smallest absolute Gasteiger partial charge is 0.137 e. The van der Waals surface area contributed by atoms with Crippen LogP contribution in [0.3, 0.4) is 0 Å². The summed E-state index contributed by atoms with van der Waals surface area (Å²) < 4.78 is 0. The Balaban J connectivity index is 1.40. The van der Waals surface area contributed by atoms with Crippen LogP contribution in [0.25, 0.3) is 11.0 Å². The Morgan fingerprint density at radius 1 is 1.20 bits per heavy atom. The van der Waals surface area contributed by atoms with Crippen LogP contribution < -0.4 is 5.32 Å². The summed E-state index contributed by atoms with van der Waals surface area (Å²) in [5, 5.41) is 4.79. The molecule has 20 heavy (non-hydrogen) atoms. The number of nitrogens with one attached hydrogen (secondary N) is 2. The number of hydrogen-bond acceptors (Lipinski definition) is 2. The van der Waals surface area contributed by atoms with Crippen LogP contribution in [0.4, 0.5) is 0 Å². The summed E-state index contributed by atoms with van der Waals surface area (Å²) >= 11 is 0. The Kier molecular flexibility index (Phi) is 2.78. The van der Waals surface area contributed by atoms with E-state index < -0.39 is 0 Å². The molecule has 1 aliphatic carbocycles. The van der Waals surface area contributed by atoms with Crippen molar-refractivity contribution >= 4 is 11.0 Å². The maximum Gasteiger partial charge on any atom is 0.137 e. The van der Waals surface area contributed by atoms with Gasteiger partial charge in [-0.15, -0.1) is 0 Å². The van der Waals surface area contributed by atoms with Gasteiger partial charge in [-0.1, -0.05) is 24.3 Å². The molecule has 0 radical (unpaired) electrons. The summed E-state index contributed by atoms with van der Waals surface area (Å²) in [6.07, 6.45) is 5.08. The van der Waals surface area contributed by atoms with E-state index in [9.17, 15) is 0 Å². The van der Waals surface area contributed by atoms with Crippen molar-refractivity contribution in [3.63, 3.8) is 0 Å². The molecular formula is C17H17N3. The van der Waals surface area contributed by atoms with Gasteiger partial charge in [0.15, 0.2) is 0 Å². The van der Waals surface area contributed by atoms with E-state index in [1.54, 1.807) is 0 Å². The van der Waals surface area contributed by atoms with Gasteiger partial charge in [0.2, 0.25) is 0 Å². The van der Waals surface area contributed by atoms with Crippen LogP contribution in [0.2, 0.25) is 0 Å². The van der Waals surface area contributed by atoms with E-state index in [2.05, 4.69) is 51.8 Å². The van der Waals surface area contributed by atoms with E-state index in [1.807, 2.05) is 12.3 Å². The van der Waals surface area contributed by atoms with Crippen molar-refractivity contribution < 1.29 is 0 Å². The fourth-order valence-electron chi connectivity index (χ4n) is 3.08. The number of benzene rings is 1. The molecule has 4 rings (SSSR count). The first-order valence-electron chi connectivity index (χ1n) is 7.11. The van der Waals surface area contributed by atoms with Gasteiger partial charge >= 0.3 is 0 Å². The molecule has 3 aromatic rings. The van der Waals surface area contributed by atoms with E-state index in [0.29, 0.717) is 5.92 Å². The van der Waals surface area contributed by atoms with Gasteiger partial charge in [0, 0.05) is 36.8 Å². The predicted molar refractivity (Wildman–Crippen MR) is 80.7 cm³/mol. The van der Waals surface area contributed by atoms with E-state index in [0.717, 1.165) is 18.7 Å². The van der Waals surface area contributed by atoms with Crippen molar-refractivity contribution in [3.8, 4) is 0 Å². The summed E-state index contributed by atoms with van der Waals surface area (Å²) in [6.45, 7) is 1.94. The number of aromatic nitrogens is 2. The van der Waals surface area contributed by atoms with Crippen molar-refractivity contribution in [2.45, 2.75) is 18.9 Å². The molecule has 2 heterocycles. The predicted octanol–water partition coefficient (Wildman–Crippen LogP) is 2.99. The number of fused-ring (bicyclic) bond motifs is 2. The first-order valence-corrected chi connectivity index (χ1v) is 7.11. The second kappa shape index (κ2) is 4.76. The molecule has 100 valence electrons. The molecule has 0 fully saturated rings. The average Bonchev–Trinajstić information content (AvgIpc) is 2.87. The fourth-order valence-corrected chi connectivity index (χ4v) is 3.08. The van der Waals surface area contributed by atoms with Crippen molar-refractivity contribution in [2.75, 3.05) is 6.54 Å². The number of rotatable bonds is 4. The maximum atomic E-state index is 4.32. The number of nitrogens with zero attached hydrogens (tertiary/aromatic N) is 1. The van der Waals surface area contributed by atoms with Gasteiger partial charge in [-0.2, -0.15) is 0 Å². The highest BCUT2D eigenvalue weighted by Crippen LogP contribution is 2.34. The zero-order valence-electron chi connectivity index (χ0n) is 11.3. The van der Waals surface area contributed by atoms with E-state index in [-0.39, 0.29) is 0 Å². The molecule has 1 aliphatic rings. The SMILES string of the molecule is c1ccc2c(c1)CC2CNCc1c[nH]c2ncccc12. The van der Waals surface area contributed by atoms with Gasteiger partial charge in [0.25, 0.3) is 0 Å². The molecule has 3 nitrogen and oxygen atoms in total. The minimum Gasteiger partial charge on any atom is -0.346 e. The highest BCUT2D eigenvalue weighted by Gasteiger charge is 2.24. The second-order valence-electron chi connectivity index (χ2n) is 5.44. The van der Waals surface area contributed by atoms with Gasteiger partial charge in [-0.25, -0.2) is 4.98 Å². The molecule has 2 N–H and O–H groups in total. The lowest BCUT2D eigenvalue weighted by Crippen LogP contribution is -2.28. The molecule has 0 spiro atoms. The van der Waals surface area contributed by atoms with Crippen LogP contribution in [0, 0.1) is 0 Å². The van der Waals surface area contributed by atoms with Crippen molar-refractivity contribution in [1.82, 2.24) is 15.3 Å². The number of pyridine rings is 1. The topological polar surface area (TPSA) is 40.7 Å². The van der Waals surface area contributed by atoms with Gasteiger partial charge in [-0.05, 0) is 35.2 Å². The Morgan fingerprint density at radius 3 is 3.10 bits per heavy atom. The second-order valence-corrected chi connectivity index (χ2v) is 5.44. The Bertz CT molecular complexity index is 745. The lowest BCUT2D eigenvalue weighted by Gasteiger charge is -2.30. The zero-order chi connectivity index (χ0) is 13.4. The zero-order valence-corrected chi connectivity index (χ0v) is 11.3. The molecule has 1 atom stereocenters. The van der Waals surface area contributed by atoms with E-state index in [1.165, 1.54) is 28.5 Å². The van der Waals surface area contributed by atoms with Gasteiger partial charge in [0.1, 0.15) is 5.65 Å². The minimum atomic E-state index is 0.675. The Morgan fingerprint density at radius 2 is 2.15 bits per heavy atom. The third-order valence-corrected chi connectivity index (χ3v) is 4.20. The first kappa shape index (κ1) is 11.7. The third kappa shape index (κ3) is 1.91. The summed E-state index contributed by atoms with van der Waals surface area (Å²) in [5.41, 5.74) is 5.29. The van der Waals surface area contributed by atoms with E-state index >= 15 is 0 Å². The van der Waals surface area contributed by atoms with Crippen molar-refractivity contribution in [3.05, 3.63) is 65.5 Å². The van der Waals surface area contributed by atoms with Crippen LogP contribution in [0.15, 0.2) is 48.8 Å². The largest absolute Gasteiger partial charge is 0.346 e. The summed E-state index contributed by atoms with van der Waals surface area (Å²) in [5.74, 6) is 0.675. The molecule has 0 saturated carbocycles. The average molecular weight is 263 g/mol. The maximum absolute atomic E-state index is 4.32. The lowest BCUT2D eigenvalue weighted by molar-refractivity contribution is 0.536. The summed E-state index contributed by atoms with van der Waals surface area (Å²) in [6, 6.07) is 12.9. The first-order chi connectivity index (χ1) is 9.92. The number of aromatic amines is 1. The van der Waals surface area contributed by atoms with E-state index in [4.69, 9.17) is 0 Å². The Labute approximate surface area is 118 Å². The van der Waals surface area contributed by atoms with Gasteiger partial charge < -0.3 is 10.3 Å².